The Morgan fingerprint density at radius 3 is 2.35 bits per heavy atom. The summed E-state index contributed by atoms with van der Waals surface area (Å²) in [5, 5.41) is 11.7. The van der Waals surface area contributed by atoms with Crippen molar-refractivity contribution in [1.82, 2.24) is 9.29 Å². The first kappa shape index (κ1) is 24.2. The number of nitrogens with zero attached hydrogens (tertiary/aromatic N) is 3. The summed E-state index contributed by atoms with van der Waals surface area (Å²) in [4.78, 5) is 17.5. The van der Waals surface area contributed by atoms with Crippen molar-refractivity contribution in [3.63, 3.8) is 0 Å². The van der Waals surface area contributed by atoms with Crippen LogP contribution in [0.15, 0.2) is 58.8 Å². The number of ether oxygens (including phenoxy) is 1. The van der Waals surface area contributed by atoms with E-state index in [2.05, 4.69) is 4.98 Å². The van der Waals surface area contributed by atoms with E-state index in [1.807, 2.05) is 19.9 Å². The fourth-order valence-electron chi connectivity index (χ4n) is 3.83. The van der Waals surface area contributed by atoms with E-state index in [1.165, 1.54) is 52.0 Å². The number of Topliss-reactive ketones (excluding diaryl/α,β-unsaturated/α-hetero) is 1. The molecule has 10 heteroatoms. The number of rotatable bonds is 6. The van der Waals surface area contributed by atoms with Crippen LogP contribution in [0.25, 0.3) is 11.3 Å². The van der Waals surface area contributed by atoms with Crippen molar-refractivity contribution in [3.8, 4) is 17.3 Å². The second-order valence-electron chi connectivity index (χ2n) is 8.11. The van der Waals surface area contributed by atoms with Gasteiger partial charge in [-0.1, -0.05) is 12.1 Å². The third-order valence-electron chi connectivity index (χ3n) is 5.46. The van der Waals surface area contributed by atoms with Crippen LogP contribution in [0.5, 0.6) is 0 Å². The van der Waals surface area contributed by atoms with E-state index in [0.717, 1.165) is 0 Å². The summed E-state index contributed by atoms with van der Waals surface area (Å²) in [6.07, 6.45) is -0.428. The van der Waals surface area contributed by atoms with Gasteiger partial charge < -0.3 is 4.74 Å². The van der Waals surface area contributed by atoms with Crippen molar-refractivity contribution in [2.24, 2.45) is 0 Å². The number of aromatic nitrogens is 1. The Bertz CT molecular complexity index is 1320. The summed E-state index contributed by atoms with van der Waals surface area (Å²) in [6.45, 7) is 4.15. The molecule has 176 valence electrons. The van der Waals surface area contributed by atoms with Crippen molar-refractivity contribution < 1.29 is 22.3 Å². The van der Waals surface area contributed by atoms with Gasteiger partial charge in [-0.3, -0.25) is 4.79 Å². The van der Waals surface area contributed by atoms with Gasteiger partial charge in [0.15, 0.2) is 11.7 Å². The molecule has 0 bridgehead atoms. The van der Waals surface area contributed by atoms with E-state index < -0.39 is 21.7 Å². The highest BCUT2D eigenvalue weighted by molar-refractivity contribution is 7.89. The summed E-state index contributed by atoms with van der Waals surface area (Å²) in [6, 6.07) is 13.4. The highest BCUT2D eigenvalue weighted by Crippen LogP contribution is 2.29. The Morgan fingerprint density at radius 2 is 1.76 bits per heavy atom. The molecule has 0 aliphatic carbocycles. The van der Waals surface area contributed by atoms with Crippen molar-refractivity contribution in [1.29, 1.82) is 5.26 Å². The van der Waals surface area contributed by atoms with Crippen LogP contribution in [0.4, 0.5) is 4.39 Å². The number of carbonyl (C=O) groups is 1. The summed E-state index contributed by atoms with van der Waals surface area (Å²) in [5.74, 6) is -1.98. The first-order valence-corrected chi connectivity index (χ1v) is 12.9. The highest BCUT2D eigenvalue weighted by Gasteiger charge is 2.32. The van der Waals surface area contributed by atoms with E-state index in [0.29, 0.717) is 16.3 Å². The van der Waals surface area contributed by atoms with Gasteiger partial charge in [-0.25, -0.2) is 17.8 Å². The maximum absolute atomic E-state index is 13.2. The van der Waals surface area contributed by atoms with Gasteiger partial charge in [-0.05, 0) is 50.2 Å². The average molecular weight is 500 g/mol. The molecule has 1 aromatic heterocycles. The summed E-state index contributed by atoms with van der Waals surface area (Å²) in [7, 11) is -3.74. The first-order valence-electron chi connectivity index (χ1n) is 10.6. The lowest BCUT2D eigenvalue weighted by atomic mass is 9.99. The quantitative estimate of drug-likeness (QED) is 0.471. The Morgan fingerprint density at radius 1 is 1.15 bits per heavy atom. The number of hydrogen-bond acceptors (Lipinski definition) is 7. The summed E-state index contributed by atoms with van der Waals surface area (Å²) < 4.78 is 46.2. The average Bonchev–Trinajstić information content (AvgIpc) is 3.29. The lowest BCUT2D eigenvalue weighted by Crippen LogP contribution is -2.48. The molecule has 3 aromatic rings. The predicted octanol–water partition coefficient (Wildman–Crippen LogP) is 4.24. The molecule has 2 heterocycles. The lowest BCUT2D eigenvalue weighted by Gasteiger charge is -2.34. The monoisotopic (exact) mass is 499 g/mol. The molecule has 34 heavy (non-hydrogen) atoms. The molecule has 1 aliphatic rings. The van der Waals surface area contributed by atoms with Crippen LogP contribution in [-0.2, 0) is 14.8 Å². The molecule has 1 saturated heterocycles. The molecule has 0 spiro atoms. The maximum atomic E-state index is 13.2. The SMILES string of the molecule is C[C@@H]1CN(S(=O)(=O)c2ccc(C(=O)[C@@H](C#N)c3nc(-c4ccc(F)cc4)cs3)cc2)C[C@@H](C)O1. The third kappa shape index (κ3) is 4.93. The summed E-state index contributed by atoms with van der Waals surface area (Å²) in [5.41, 5.74) is 1.44. The Kier molecular flexibility index (Phi) is 6.91. The number of carbonyl (C=O) groups excluding carboxylic acids is 1. The molecule has 2 aromatic carbocycles. The normalized spacial score (nSPS) is 19.9. The van der Waals surface area contributed by atoms with Gasteiger partial charge in [0, 0.05) is 29.6 Å². The summed E-state index contributed by atoms with van der Waals surface area (Å²) >= 11 is 1.17. The lowest BCUT2D eigenvalue weighted by molar-refractivity contribution is -0.0440. The number of nitriles is 1. The van der Waals surface area contributed by atoms with Gasteiger partial charge in [0.2, 0.25) is 10.0 Å². The van der Waals surface area contributed by atoms with Gasteiger partial charge in [0.25, 0.3) is 0 Å². The topological polar surface area (TPSA) is 100 Å². The third-order valence-corrected chi connectivity index (χ3v) is 8.22. The maximum Gasteiger partial charge on any atom is 0.243 e. The number of benzene rings is 2. The number of ketones is 1. The molecule has 3 atom stereocenters. The second kappa shape index (κ2) is 9.72. The number of thiazole rings is 1. The Labute approximate surface area is 201 Å². The van der Waals surface area contributed by atoms with Gasteiger partial charge in [-0.2, -0.15) is 9.57 Å². The van der Waals surface area contributed by atoms with Crippen molar-refractivity contribution >= 4 is 27.1 Å². The number of halogens is 1. The highest BCUT2D eigenvalue weighted by atomic mass is 32.2. The minimum atomic E-state index is -3.74. The molecule has 7 nitrogen and oxygen atoms in total. The zero-order valence-electron chi connectivity index (χ0n) is 18.5. The van der Waals surface area contributed by atoms with Gasteiger partial charge in [-0.15, -0.1) is 11.3 Å². The first-order chi connectivity index (χ1) is 16.2. The van der Waals surface area contributed by atoms with Crippen LogP contribution in [0.2, 0.25) is 0 Å². The fraction of sp³-hybridized carbons (Fsp3) is 0.292. The zero-order valence-corrected chi connectivity index (χ0v) is 20.1. The van der Waals surface area contributed by atoms with Crippen LogP contribution in [-0.4, -0.2) is 48.8 Å². The van der Waals surface area contributed by atoms with Crippen LogP contribution in [0.3, 0.4) is 0 Å². The van der Waals surface area contributed by atoms with Crippen LogP contribution >= 0.6 is 11.3 Å². The molecule has 0 N–H and O–H groups in total. The van der Waals surface area contributed by atoms with Gasteiger partial charge in [0.1, 0.15) is 10.8 Å². The van der Waals surface area contributed by atoms with E-state index in [-0.39, 0.29) is 41.6 Å². The van der Waals surface area contributed by atoms with Crippen molar-refractivity contribution in [2.75, 3.05) is 13.1 Å². The minimum absolute atomic E-state index is 0.0757. The molecular formula is C24H22FN3O4S2. The van der Waals surface area contributed by atoms with E-state index in [4.69, 9.17) is 4.74 Å². The second-order valence-corrected chi connectivity index (χ2v) is 10.9. The number of sulfonamides is 1. The van der Waals surface area contributed by atoms with Crippen LogP contribution in [0, 0.1) is 17.1 Å². The zero-order chi connectivity index (χ0) is 24.5. The molecule has 1 aliphatic heterocycles. The largest absolute Gasteiger partial charge is 0.373 e. The van der Waals surface area contributed by atoms with E-state index >= 15 is 0 Å². The van der Waals surface area contributed by atoms with E-state index in [1.54, 1.807) is 17.5 Å². The predicted molar refractivity (Wildman–Crippen MR) is 125 cm³/mol. The Hall–Kier alpha value is -2.97. The van der Waals surface area contributed by atoms with Crippen molar-refractivity contribution in [2.45, 2.75) is 36.9 Å². The smallest absolute Gasteiger partial charge is 0.243 e. The standard InChI is InChI=1S/C24H22FN3O4S2/c1-15-12-28(13-16(2)32-15)34(30,31)20-9-5-18(6-10-20)23(29)21(11-26)24-27-22(14-33-24)17-3-7-19(25)8-4-17/h3-10,14-16,21H,12-13H2,1-2H3/t15-,16-,21-/m1/s1. The number of morpholine rings is 1. The fourth-order valence-corrected chi connectivity index (χ4v) is 6.29. The van der Waals surface area contributed by atoms with Gasteiger partial charge >= 0.3 is 0 Å². The van der Waals surface area contributed by atoms with Crippen LogP contribution < -0.4 is 0 Å². The van der Waals surface area contributed by atoms with Crippen molar-refractivity contribution in [3.05, 3.63) is 70.3 Å². The van der Waals surface area contributed by atoms with Crippen LogP contribution in [0.1, 0.15) is 35.1 Å². The Balaban J connectivity index is 1.54. The molecular weight excluding hydrogens is 477 g/mol. The molecule has 0 unspecified atom stereocenters. The molecule has 4 rings (SSSR count). The van der Waals surface area contributed by atoms with E-state index in [9.17, 15) is 22.9 Å². The van der Waals surface area contributed by atoms with Gasteiger partial charge in [0.05, 0.1) is 28.9 Å². The molecule has 0 amide bonds. The molecule has 0 saturated carbocycles. The molecule has 0 radical (unpaired) electrons. The molecule has 1 fully saturated rings. The number of hydrogen-bond donors (Lipinski definition) is 0. The minimum Gasteiger partial charge on any atom is -0.373 e.